The molecule has 0 saturated heterocycles. The van der Waals surface area contributed by atoms with E-state index in [1.807, 2.05) is 0 Å². The van der Waals surface area contributed by atoms with Gasteiger partial charge >= 0.3 is 11.9 Å². The summed E-state index contributed by atoms with van der Waals surface area (Å²) >= 11 is 0. The topological polar surface area (TPSA) is 414 Å². The highest BCUT2D eigenvalue weighted by Crippen LogP contribution is 1.44. The van der Waals surface area contributed by atoms with Gasteiger partial charge in [0.2, 0.25) is 0 Å². The molecular weight excluding hydrogens is 444 g/mol. The van der Waals surface area contributed by atoms with Crippen LogP contribution >= 0.6 is 0 Å². The van der Waals surface area contributed by atoms with Crippen LogP contribution in [0.3, 0.4) is 0 Å². The number of rotatable bonds is 0. The van der Waals surface area contributed by atoms with Crippen LogP contribution in [0.25, 0.3) is 0 Å². The minimum absolute atomic E-state index is 0. The molecule has 0 aliphatic rings. The second-order valence-electron chi connectivity index (χ2n) is 4.87. The van der Waals surface area contributed by atoms with Crippen molar-refractivity contribution in [3.63, 3.8) is 0 Å². The Hall–Kier alpha value is -4.72. The van der Waals surface area contributed by atoms with Gasteiger partial charge in [0, 0.05) is 0 Å². The van der Waals surface area contributed by atoms with E-state index >= 15 is 0 Å². The minimum atomic E-state index is -2.19. The van der Waals surface area contributed by atoms with Gasteiger partial charge in [0.05, 0.1) is 23.9 Å². The van der Waals surface area contributed by atoms with Gasteiger partial charge in [-0.3, -0.25) is 0 Å². The van der Waals surface area contributed by atoms with Crippen molar-refractivity contribution in [2.75, 3.05) is 28.2 Å². The van der Waals surface area contributed by atoms with Crippen molar-refractivity contribution in [2.24, 2.45) is 34.4 Å². The summed E-state index contributed by atoms with van der Waals surface area (Å²) in [6, 6.07) is 0. The Kier molecular flexibility index (Phi) is 29.3. The highest BCUT2D eigenvalue weighted by Gasteiger charge is 2.03. The SMILES string of the molecule is C[N+](C)=C(N)[NH+]=C(N)N.C[N+](C)=C(N)[NH+]=C(N)N.O.O.O=C([O-])C(=O)[O-].O=C([O-])C(=O)[O-]. The number of nitrogens with zero attached hydrogens (tertiary/aromatic N) is 2. The lowest BCUT2D eigenvalue weighted by atomic mass is 10.7. The Bertz CT molecular complexity index is 643. The van der Waals surface area contributed by atoms with E-state index < -0.39 is 23.9 Å². The maximum atomic E-state index is 8.93. The van der Waals surface area contributed by atoms with Gasteiger partial charge in [0.25, 0.3) is 11.9 Å². The Morgan fingerprint density at radius 1 is 0.531 bits per heavy atom. The number of hydrogen-bond donors (Lipinski definition) is 8. The predicted molar refractivity (Wildman–Crippen MR) is 98.6 cm³/mol. The molecule has 0 heterocycles. The Morgan fingerprint density at radius 2 is 0.688 bits per heavy atom. The molecule has 0 atom stereocenters. The quantitative estimate of drug-likeness (QED) is 0.0699. The van der Waals surface area contributed by atoms with E-state index in [2.05, 4.69) is 9.98 Å². The maximum absolute atomic E-state index is 8.93. The Balaban J connectivity index is -0.0000000702. The molecule has 0 spiro atoms. The van der Waals surface area contributed by atoms with Crippen LogP contribution in [0, 0.1) is 0 Å². The molecule has 20 heteroatoms. The average Bonchev–Trinajstić information content (AvgIpc) is 2.54. The van der Waals surface area contributed by atoms with E-state index in [4.69, 9.17) is 74.0 Å². The van der Waals surface area contributed by atoms with Crippen molar-refractivity contribution in [3.05, 3.63) is 0 Å². The van der Waals surface area contributed by atoms with Crippen molar-refractivity contribution in [3.8, 4) is 0 Å². The molecule has 0 bridgehead atoms. The van der Waals surface area contributed by atoms with Gasteiger partial charge in [-0.05, 0) is 0 Å². The first-order chi connectivity index (χ1) is 13.4. The second kappa shape index (κ2) is 22.6. The number of carbonyl (C=O) groups excluding carboxylic acids is 4. The lowest BCUT2D eigenvalue weighted by Crippen LogP contribution is -2.86. The zero-order chi connectivity index (χ0) is 25.2. The highest BCUT2D eigenvalue weighted by molar-refractivity contribution is 6.25. The molecule has 0 rings (SSSR count). The van der Waals surface area contributed by atoms with Crippen LogP contribution in [0.4, 0.5) is 0 Å². The first-order valence-electron chi connectivity index (χ1n) is 7.10. The molecule has 0 amide bonds. The summed E-state index contributed by atoms with van der Waals surface area (Å²) in [5, 5.41) is 35.7. The highest BCUT2D eigenvalue weighted by atomic mass is 16.4. The summed E-state index contributed by atoms with van der Waals surface area (Å²) < 4.78 is 3.33. The molecule has 0 fully saturated rings. The van der Waals surface area contributed by atoms with E-state index in [1.165, 1.54) is 0 Å². The first-order valence-corrected chi connectivity index (χ1v) is 7.10. The third kappa shape index (κ3) is 40.1. The fraction of sp³-hybridized carbons (Fsp3) is 0.333. The first kappa shape index (κ1) is 41.6. The number of carbonyl (C=O) groups is 4. The standard InChI is InChI=1S/2C4H11N5.2C2H2O4.2H2O/c2*1-9(2)4(7)8-3(5)6;2*3-1(4)2(5)6;;/h2*1-2H3,(H5,5,6,7,8);2*(H,3,4)(H,5,6);2*1H2. The third-order valence-corrected chi connectivity index (χ3v) is 1.84. The van der Waals surface area contributed by atoms with Crippen LogP contribution in [0.5, 0.6) is 0 Å². The van der Waals surface area contributed by atoms with Crippen LogP contribution in [0.15, 0.2) is 0 Å². The molecule has 0 unspecified atom stereocenters. The molecule has 188 valence electrons. The summed E-state index contributed by atoms with van der Waals surface area (Å²) in [4.78, 5) is 40.8. The molecule has 18 N–H and O–H groups in total. The minimum Gasteiger partial charge on any atom is -0.543 e. The molecule has 20 nitrogen and oxygen atoms in total. The van der Waals surface area contributed by atoms with E-state index in [0.29, 0.717) is 11.9 Å². The number of aliphatic carboxylic acids is 4. The van der Waals surface area contributed by atoms with Gasteiger partial charge in [-0.1, -0.05) is 0 Å². The van der Waals surface area contributed by atoms with Gasteiger partial charge < -0.3 is 73.5 Å². The van der Waals surface area contributed by atoms with Gasteiger partial charge in [-0.25, -0.2) is 11.5 Å². The summed E-state index contributed by atoms with van der Waals surface area (Å²) in [6.45, 7) is 0. The van der Waals surface area contributed by atoms with Crippen molar-refractivity contribution in [2.45, 2.75) is 0 Å². The van der Waals surface area contributed by atoms with E-state index in [-0.39, 0.29) is 22.9 Å². The van der Waals surface area contributed by atoms with E-state index in [1.54, 1.807) is 37.3 Å². The molecule has 0 radical (unpaired) electrons. The number of nitrogens with one attached hydrogen (secondary N) is 2. The molecular formula is C12H30N10O10. The van der Waals surface area contributed by atoms with Crippen molar-refractivity contribution < 1.29 is 69.7 Å². The van der Waals surface area contributed by atoms with Crippen molar-refractivity contribution >= 4 is 47.7 Å². The molecule has 0 saturated carbocycles. The van der Waals surface area contributed by atoms with Crippen LogP contribution in [-0.2, 0) is 19.2 Å². The van der Waals surface area contributed by atoms with Gasteiger partial charge in [0.1, 0.15) is 28.2 Å². The molecule has 0 aromatic rings. The molecule has 0 aromatic carbocycles. The number of carboxylic acid groups (broad SMARTS) is 4. The lowest BCUT2D eigenvalue weighted by Gasteiger charge is -1.97. The zero-order valence-electron chi connectivity index (χ0n) is 17.6. The van der Waals surface area contributed by atoms with Gasteiger partial charge in [-0.15, -0.1) is 9.98 Å². The summed E-state index contributed by atoms with van der Waals surface area (Å²) in [6.07, 6.45) is 0. The molecule has 32 heavy (non-hydrogen) atoms. The zero-order valence-corrected chi connectivity index (χ0v) is 17.6. The number of nitrogens with two attached hydrogens (primary N) is 6. The van der Waals surface area contributed by atoms with E-state index in [9.17, 15) is 0 Å². The smallest absolute Gasteiger partial charge is 0.518 e. The normalized spacial score (nSPS) is 7.38. The Labute approximate surface area is 181 Å². The molecule has 0 aliphatic heterocycles. The largest absolute Gasteiger partial charge is 0.543 e. The van der Waals surface area contributed by atoms with Crippen LogP contribution in [-0.4, -0.2) is 96.0 Å². The molecule has 0 aromatic heterocycles. The summed E-state index contributed by atoms with van der Waals surface area (Å²) in [5.74, 6) is -7.69. The van der Waals surface area contributed by atoms with Crippen LogP contribution in [0.2, 0.25) is 0 Å². The van der Waals surface area contributed by atoms with Crippen molar-refractivity contribution in [1.29, 1.82) is 0 Å². The monoisotopic (exact) mass is 474 g/mol. The fourth-order valence-electron chi connectivity index (χ4n) is 0.519. The number of guanidine groups is 4. The third-order valence-electron chi connectivity index (χ3n) is 1.84. The second-order valence-corrected chi connectivity index (χ2v) is 4.87. The van der Waals surface area contributed by atoms with Crippen LogP contribution in [0.1, 0.15) is 0 Å². The van der Waals surface area contributed by atoms with Gasteiger partial charge in [-0.2, -0.15) is 9.15 Å². The van der Waals surface area contributed by atoms with Gasteiger partial charge in [0.15, 0.2) is 0 Å². The molecule has 0 aliphatic carbocycles. The Morgan fingerprint density at radius 3 is 0.719 bits per heavy atom. The lowest BCUT2D eigenvalue weighted by molar-refractivity contribution is -0.527. The van der Waals surface area contributed by atoms with Crippen molar-refractivity contribution in [1.82, 2.24) is 0 Å². The van der Waals surface area contributed by atoms with Crippen LogP contribution < -0.4 is 64.8 Å². The fourth-order valence-corrected chi connectivity index (χ4v) is 0.519. The maximum Gasteiger partial charge on any atom is 0.518 e. The number of hydrogen-bond acceptors (Lipinski definition) is 8. The average molecular weight is 474 g/mol. The predicted octanol–water partition coefficient (Wildman–Crippen LogP) is -16.8. The summed E-state index contributed by atoms with van der Waals surface area (Å²) in [5.41, 5.74) is 31.1. The summed E-state index contributed by atoms with van der Waals surface area (Å²) in [7, 11) is 7.13. The van der Waals surface area contributed by atoms with E-state index in [0.717, 1.165) is 0 Å². The number of carboxylic acids is 4.